The van der Waals surface area contributed by atoms with E-state index in [0.29, 0.717) is 17.2 Å². The van der Waals surface area contributed by atoms with Crippen LogP contribution in [0.15, 0.2) is 16.9 Å². The number of nitrogens with zero attached hydrogens (tertiary/aromatic N) is 3. The predicted octanol–water partition coefficient (Wildman–Crippen LogP) is 2.00. The van der Waals surface area contributed by atoms with Crippen molar-refractivity contribution in [2.45, 2.75) is 39.8 Å². The van der Waals surface area contributed by atoms with Gasteiger partial charge in [-0.3, -0.25) is 4.57 Å². The van der Waals surface area contributed by atoms with E-state index in [4.69, 9.17) is 0 Å². The maximum absolute atomic E-state index is 12.4. The summed E-state index contributed by atoms with van der Waals surface area (Å²) in [5.41, 5.74) is -0.507. The van der Waals surface area contributed by atoms with Crippen molar-refractivity contribution in [3.63, 3.8) is 0 Å². The molecule has 0 amide bonds. The van der Waals surface area contributed by atoms with Crippen molar-refractivity contribution in [3.8, 4) is 0 Å². The minimum Gasteiger partial charge on any atom is -0.465 e. The van der Waals surface area contributed by atoms with Gasteiger partial charge in [-0.15, -0.1) is 11.3 Å². The number of ether oxygens (including phenoxy) is 1. The van der Waals surface area contributed by atoms with E-state index < -0.39 is 0 Å². The zero-order valence-electron chi connectivity index (χ0n) is 12.8. The van der Waals surface area contributed by atoms with E-state index in [-0.39, 0.29) is 17.2 Å². The number of methoxy groups -OCH3 is 1. The minimum atomic E-state index is -0.361. The molecule has 0 radical (unpaired) electrons. The van der Waals surface area contributed by atoms with Crippen LogP contribution < -0.4 is 5.69 Å². The average Bonchev–Trinajstić information content (AvgIpc) is 2.97. The van der Waals surface area contributed by atoms with Gasteiger partial charge in [-0.05, 0) is 39.8 Å². The highest BCUT2D eigenvalue weighted by molar-refractivity contribution is 7.13. The smallest absolute Gasteiger partial charge is 0.348 e. The summed E-state index contributed by atoms with van der Waals surface area (Å²) in [7, 11) is 1.35. The maximum Gasteiger partial charge on any atom is 0.348 e. The molecule has 2 aromatic rings. The monoisotopic (exact) mass is 309 g/mol. The zero-order chi connectivity index (χ0) is 15.8. The summed E-state index contributed by atoms with van der Waals surface area (Å²) in [6, 6.07) is 3.54. The Morgan fingerprint density at radius 2 is 2.05 bits per heavy atom. The second kappa shape index (κ2) is 5.48. The van der Waals surface area contributed by atoms with Crippen molar-refractivity contribution in [3.05, 3.63) is 38.2 Å². The minimum absolute atomic E-state index is 0.145. The summed E-state index contributed by atoms with van der Waals surface area (Å²) in [6.07, 6.45) is 0. The first-order valence-corrected chi connectivity index (χ1v) is 7.39. The molecule has 0 aliphatic carbocycles. The zero-order valence-corrected chi connectivity index (χ0v) is 13.7. The molecule has 2 heterocycles. The molecule has 6 nitrogen and oxygen atoms in total. The Morgan fingerprint density at radius 3 is 2.57 bits per heavy atom. The van der Waals surface area contributed by atoms with E-state index in [9.17, 15) is 9.59 Å². The second-order valence-corrected chi connectivity index (χ2v) is 6.92. The fourth-order valence-electron chi connectivity index (χ4n) is 1.94. The molecule has 0 aliphatic rings. The molecule has 2 rings (SSSR count). The molecule has 0 fully saturated rings. The maximum atomic E-state index is 12.4. The van der Waals surface area contributed by atoms with Gasteiger partial charge in [0.15, 0.2) is 0 Å². The highest BCUT2D eigenvalue weighted by Crippen LogP contribution is 2.19. The van der Waals surface area contributed by atoms with Crippen LogP contribution in [0.5, 0.6) is 0 Å². The summed E-state index contributed by atoms with van der Waals surface area (Å²) < 4.78 is 7.78. The van der Waals surface area contributed by atoms with Crippen molar-refractivity contribution in [2.24, 2.45) is 0 Å². The Kier molecular flexibility index (Phi) is 4.04. The number of esters is 1. The van der Waals surface area contributed by atoms with Crippen molar-refractivity contribution in [1.82, 2.24) is 14.3 Å². The lowest BCUT2D eigenvalue weighted by Crippen LogP contribution is -2.35. The molecule has 0 saturated carbocycles. The lowest BCUT2D eigenvalue weighted by Gasteiger charge is -2.16. The van der Waals surface area contributed by atoms with E-state index in [0.717, 1.165) is 4.88 Å². The van der Waals surface area contributed by atoms with Gasteiger partial charge in [-0.1, -0.05) is 0 Å². The number of thiophene rings is 1. The van der Waals surface area contributed by atoms with E-state index in [1.165, 1.54) is 23.1 Å². The van der Waals surface area contributed by atoms with Gasteiger partial charge >= 0.3 is 11.7 Å². The predicted molar refractivity (Wildman–Crippen MR) is 81.0 cm³/mol. The number of carbonyl (C=O) groups excluding carboxylic acids is 1. The van der Waals surface area contributed by atoms with Crippen LogP contribution in [-0.4, -0.2) is 27.4 Å². The third-order valence-electron chi connectivity index (χ3n) is 3.05. The average molecular weight is 309 g/mol. The molecule has 0 atom stereocenters. The van der Waals surface area contributed by atoms with Gasteiger partial charge in [0.1, 0.15) is 10.7 Å². The standard InChI is InChI=1S/C14H19N3O3S/c1-9-15-17(14(2,3)4)13(19)16(9)8-10-6-7-11(21-10)12(18)20-5/h6-7H,8H2,1-5H3. The van der Waals surface area contributed by atoms with Gasteiger partial charge in [0.25, 0.3) is 0 Å². The number of aryl methyl sites for hydroxylation is 1. The van der Waals surface area contributed by atoms with Crippen LogP contribution in [0.4, 0.5) is 0 Å². The van der Waals surface area contributed by atoms with Crippen LogP contribution in [-0.2, 0) is 16.8 Å². The van der Waals surface area contributed by atoms with Gasteiger partial charge in [0, 0.05) is 4.88 Å². The summed E-state index contributed by atoms with van der Waals surface area (Å²) in [5.74, 6) is 0.295. The molecule has 0 spiro atoms. The third-order valence-corrected chi connectivity index (χ3v) is 4.10. The highest BCUT2D eigenvalue weighted by Gasteiger charge is 2.21. The Bertz CT molecular complexity index is 719. The van der Waals surface area contributed by atoms with Gasteiger partial charge < -0.3 is 4.74 Å². The number of hydrogen-bond donors (Lipinski definition) is 0. The number of aromatic nitrogens is 3. The molecule has 0 unspecified atom stereocenters. The highest BCUT2D eigenvalue weighted by atomic mass is 32.1. The third kappa shape index (κ3) is 3.07. The van der Waals surface area contributed by atoms with Crippen LogP contribution >= 0.6 is 11.3 Å². The van der Waals surface area contributed by atoms with Gasteiger partial charge in [0.2, 0.25) is 0 Å². The van der Waals surface area contributed by atoms with E-state index in [1.54, 1.807) is 17.6 Å². The topological polar surface area (TPSA) is 66.1 Å². The molecule has 0 aliphatic heterocycles. The first-order chi connectivity index (χ1) is 9.74. The van der Waals surface area contributed by atoms with Crippen molar-refractivity contribution in [2.75, 3.05) is 7.11 Å². The molecule has 114 valence electrons. The normalized spacial score (nSPS) is 11.7. The Labute approximate surface area is 127 Å². The van der Waals surface area contributed by atoms with E-state index in [1.807, 2.05) is 26.8 Å². The summed E-state index contributed by atoms with van der Waals surface area (Å²) in [4.78, 5) is 25.3. The van der Waals surface area contributed by atoms with E-state index >= 15 is 0 Å². The molecular weight excluding hydrogens is 290 g/mol. The van der Waals surface area contributed by atoms with Crippen LogP contribution in [0, 0.1) is 6.92 Å². The van der Waals surface area contributed by atoms with Gasteiger partial charge in [-0.25, -0.2) is 14.3 Å². The number of rotatable bonds is 3. The van der Waals surface area contributed by atoms with E-state index in [2.05, 4.69) is 9.84 Å². The molecule has 0 aromatic carbocycles. The van der Waals surface area contributed by atoms with Crippen LogP contribution in [0.25, 0.3) is 0 Å². The number of hydrogen-bond acceptors (Lipinski definition) is 5. The molecular formula is C14H19N3O3S. The first kappa shape index (κ1) is 15.5. The fourth-order valence-corrected chi connectivity index (χ4v) is 2.86. The molecule has 7 heteroatoms. The first-order valence-electron chi connectivity index (χ1n) is 6.58. The van der Waals surface area contributed by atoms with Gasteiger partial charge in [-0.2, -0.15) is 5.10 Å². The second-order valence-electron chi connectivity index (χ2n) is 5.76. The Balaban J connectivity index is 2.33. The Morgan fingerprint density at radius 1 is 1.38 bits per heavy atom. The number of carbonyl (C=O) groups is 1. The fraction of sp³-hybridized carbons (Fsp3) is 0.500. The SMILES string of the molecule is COC(=O)c1ccc(Cn2c(C)nn(C(C)(C)C)c2=O)s1. The lowest BCUT2D eigenvalue weighted by atomic mass is 10.1. The summed E-state index contributed by atoms with van der Waals surface area (Å²) in [5, 5.41) is 4.32. The van der Waals surface area contributed by atoms with Crippen LogP contribution in [0.3, 0.4) is 0 Å². The Hall–Kier alpha value is -1.89. The lowest BCUT2D eigenvalue weighted by molar-refractivity contribution is 0.0606. The molecule has 0 N–H and O–H groups in total. The van der Waals surface area contributed by atoms with Crippen molar-refractivity contribution < 1.29 is 9.53 Å². The van der Waals surface area contributed by atoms with Crippen molar-refractivity contribution in [1.29, 1.82) is 0 Å². The van der Waals surface area contributed by atoms with Crippen LogP contribution in [0.1, 0.15) is 41.1 Å². The van der Waals surface area contributed by atoms with Crippen LogP contribution in [0.2, 0.25) is 0 Å². The quantitative estimate of drug-likeness (QED) is 0.813. The molecule has 0 bridgehead atoms. The molecule has 21 heavy (non-hydrogen) atoms. The molecule has 0 saturated heterocycles. The van der Waals surface area contributed by atoms with Crippen molar-refractivity contribution >= 4 is 17.3 Å². The molecule has 2 aromatic heterocycles. The largest absolute Gasteiger partial charge is 0.465 e. The summed E-state index contributed by atoms with van der Waals surface area (Å²) in [6.45, 7) is 8.02. The van der Waals surface area contributed by atoms with Gasteiger partial charge in [0.05, 0.1) is 19.2 Å². The summed E-state index contributed by atoms with van der Waals surface area (Å²) >= 11 is 1.32.